The third-order valence-corrected chi connectivity index (χ3v) is 8.29. The minimum absolute atomic E-state index is 0.344. The Morgan fingerprint density at radius 2 is 1.79 bits per heavy atom. The van der Waals surface area contributed by atoms with Crippen molar-refractivity contribution in [3.05, 3.63) is 40.0 Å². The molecule has 4 fully saturated rings. The summed E-state index contributed by atoms with van der Waals surface area (Å²) in [5.41, 5.74) is 5.68. The maximum Gasteiger partial charge on any atom is 0.133 e. The van der Waals surface area contributed by atoms with Crippen LogP contribution in [0.5, 0.6) is 0 Å². The summed E-state index contributed by atoms with van der Waals surface area (Å²) in [6.07, 6.45) is 12.3. The van der Waals surface area contributed by atoms with Crippen molar-refractivity contribution in [2.45, 2.75) is 70.1 Å². The Balaban J connectivity index is 1.52. The molecule has 2 aromatic rings. The molecule has 0 radical (unpaired) electrons. The Labute approximate surface area is 172 Å². The highest BCUT2D eigenvalue weighted by Crippen LogP contribution is 2.61. The Hall–Kier alpha value is -1.48. The molecule has 1 aliphatic heterocycles. The maximum absolute atomic E-state index is 6.24. The number of aromatic nitrogens is 2. The molecule has 2 heterocycles. The van der Waals surface area contributed by atoms with E-state index < -0.39 is 0 Å². The highest BCUT2D eigenvalue weighted by Gasteiger charge is 2.53. The van der Waals surface area contributed by atoms with E-state index in [9.17, 15) is 0 Å². The minimum Gasteiger partial charge on any atom is -0.370 e. The van der Waals surface area contributed by atoms with Crippen LogP contribution in [0.3, 0.4) is 0 Å². The molecular weight excluding hydrogens is 366 g/mol. The highest BCUT2D eigenvalue weighted by atomic mass is 35.5. The standard InChI is InChI=1S/C24H30ClN3/c1-15-8-19(25)5-6-21(15)28-23-20(4-2-3-7-26-23)22(27-28)24-12-16-9-17(13-24)11-18(10-16)14-24/h5-6,8,16-18,26H,2-4,7,9-14H2,1H3. The maximum atomic E-state index is 6.24. The lowest BCUT2D eigenvalue weighted by molar-refractivity contribution is -0.00773. The molecule has 0 saturated heterocycles. The van der Waals surface area contributed by atoms with Gasteiger partial charge in [-0.05, 0) is 106 Å². The molecule has 0 amide bonds. The number of nitrogens with one attached hydrogen (secondary N) is 1. The molecule has 1 aromatic carbocycles. The summed E-state index contributed by atoms with van der Waals surface area (Å²) in [6.45, 7) is 3.20. The number of nitrogens with zero attached hydrogens (tertiary/aromatic N) is 2. The average molecular weight is 396 g/mol. The first kappa shape index (κ1) is 17.4. The molecular formula is C24H30ClN3. The van der Waals surface area contributed by atoms with Gasteiger partial charge < -0.3 is 5.32 Å². The van der Waals surface area contributed by atoms with Crippen molar-refractivity contribution in [2.24, 2.45) is 17.8 Å². The van der Waals surface area contributed by atoms with Crippen molar-refractivity contribution in [3.63, 3.8) is 0 Å². The van der Waals surface area contributed by atoms with Crippen molar-refractivity contribution in [2.75, 3.05) is 11.9 Å². The van der Waals surface area contributed by atoms with Crippen LogP contribution in [0.4, 0.5) is 5.82 Å². The number of benzene rings is 1. The first-order valence-electron chi connectivity index (χ1n) is 11.2. The fourth-order valence-corrected chi connectivity index (χ4v) is 7.59. The molecule has 0 spiro atoms. The summed E-state index contributed by atoms with van der Waals surface area (Å²) in [5, 5.41) is 9.95. The third-order valence-electron chi connectivity index (χ3n) is 8.06. The molecule has 148 valence electrons. The third kappa shape index (κ3) is 2.58. The summed E-state index contributed by atoms with van der Waals surface area (Å²) < 4.78 is 2.22. The summed E-state index contributed by atoms with van der Waals surface area (Å²) in [4.78, 5) is 0. The van der Waals surface area contributed by atoms with Crippen LogP contribution in [0.25, 0.3) is 5.69 Å². The predicted molar refractivity (Wildman–Crippen MR) is 115 cm³/mol. The SMILES string of the molecule is Cc1cc(Cl)ccc1-n1nc(C23CC4CC(CC(C4)C2)C3)c2c1NCCCC2. The Morgan fingerprint density at radius 1 is 1.07 bits per heavy atom. The number of aryl methyl sites for hydroxylation is 1. The van der Waals surface area contributed by atoms with Gasteiger partial charge in [0.1, 0.15) is 5.82 Å². The average Bonchev–Trinajstić information content (AvgIpc) is 2.84. The highest BCUT2D eigenvalue weighted by molar-refractivity contribution is 6.30. The van der Waals surface area contributed by atoms with Crippen molar-refractivity contribution < 1.29 is 0 Å². The smallest absolute Gasteiger partial charge is 0.133 e. The summed E-state index contributed by atoms with van der Waals surface area (Å²) in [6, 6.07) is 6.20. The Bertz CT molecular complexity index is 893. The Kier molecular flexibility index (Phi) is 3.88. The van der Waals surface area contributed by atoms with Crippen LogP contribution in [-0.4, -0.2) is 16.3 Å². The zero-order valence-corrected chi connectivity index (χ0v) is 17.6. The van der Waals surface area contributed by atoms with Gasteiger partial charge in [-0.15, -0.1) is 0 Å². The number of halogens is 1. The van der Waals surface area contributed by atoms with E-state index in [0.29, 0.717) is 5.41 Å². The van der Waals surface area contributed by atoms with Gasteiger partial charge in [0.15, 0.2) is 0 Å². The number of rotatable bonds is 2. The van der Waals surface area contributed by atoms with Crippen molar-refractivity contribution >= 4 is 17.4 Å². The second-order valence-corrected chi connectivity index (χ2v) is 10.5. The van der Waals surface area contributed by atoms with Gasteiger partial charge in [-0.2, -0.15) is 5.10 Å². The summed E-state index contributed by atoms with van der Waals surface area (Å²) >= 11 is 6.24. The lowest BCUT2D eigenvalue weighted by Crippen LogP contribution is -2.49. The quantitative estimate of drug-likeness (QED) is 0.670. The zero-order valence-electron chi connectivity index (χ0n) is 16.8. The normalized spacial score (nSPS) is 33.4. The number of anilines is 1. The predicted octanol–water partition coefficient (Wildman–Crippen LogP) is 6.05. The van der Waals surface area contributed by atoms with Crippen molar-refractivity contribution in [3.8, 4) is 5.69 Å². The first-order chi connectivity index (χ1) is 13.6. The topological polar surface area (TPSA) is 29.9 Å². The van der Waals surface area contributed by atoms with Gasteiger partial charge in [-0.25, -0.2) is 4.68 Å². The van der Waals surface area contributed by atoms with E-state index in [1.54, 1.807) is 0 Å². The monoisotopic (exact) mass is 395 g/mol. The zero-order chi connectivity index (χ0) is 18.9. The summed E-state index contributed by atoms with van der Waals surface area (Å²) in [5.74, 6) is 4.10. The van der Waals surface area contributed by atoms with Crippen LogP contribution in [0.2, 0.25) is 5.02 Å². The molecule has 4 saturated carbocycles. The van der Waals surface area contributed by atoms with E-state index in [1.807, 2.05) is 6.07 Å². The lowest BCUT2D eigenvalue weighted by Gasteiger charge is -2.56. The van der Waals surface area contributed by atoms with Crippen molar-refractivity contribution in [1.29, 1.82) is 0 Å². The number of fused-ring (bicyclic) bond motifs is 1. The molecule has 4 bridgehead atoms. The second-order valence-electron chi connectivity index (χ2n) is 10.1. The van der Waals surface area contributed by atoms with Crippen molar-refractivity contribution in [1.82, 2.24) is 9.78 Å². The fourth-order valence-electron chi connectivity index (χ4n) is 7.36. The van der Waals surface area contributed by atoms with Crippen LogP contribution < -0.4 is 5.32 Å². The molecule has 7 rings (SSSR count). The minimum atomic E-state index is 0.344. The van der Waals surface area contributed by atoms with Gasteiger partial charge in [0.2, 0.25) is 0 Å². The van der Waals surface area contributed by atoms with E-state index in [4.69, 9.17) is 16.7 Å². The molecule has 0 atom stereocenters. The molecule has 5 aliphatic rings. The van der Waals surface area contributed by atoms with E-state index in [-0.39, 0.29) is 0 Å². The molecule has 28 heavy (non-hydrogen) atoms. The molecule has 1 N–H and O–H groups in total. The van der Waals surface area contributed by atoms with E-state index in [0.717, 1.165) is 29.3 Å². The number of hydrogen-bond donors (Lipinski definition) is 1. The fraction of sp³-hybridized carbons (Fsp3) is 0.625. The van der Waals surface area contributed by atoms with E-state index >= 15 is 0 Å². The van der Waals surface area contributed by atoms with E-state index in [1.165, 1.54) is 86.1 Å². The summed E-state index contributed by atoms with van der Waals surface area (Å²) in [7, 11) is 0. The molecule has 0 unspecified atom stereocenters. The largest absolute Gasteiger partial charge is 0.370 e. The van der Waals surface area contributed by atoms with E-state index in [2.05, 4.69) is 29.1 Å². The van der Waals surface area contributed by atoms with Crippen LogP contribution >= 0.6 is 11.6 Å². The van der Waals surface area contributed by atoms with Crippen LogP contribution in [0, 0.1) is 24.7 Å². The number of hydrogen-bond acceptors (Lipinski definition) is 2. The van der Waals surface area contributed by atoms with Crippen LogP contribution in [0.1, 0.15) is 68.2 Å². The second kappa shape index (κ2) is 6.26. The van der Waals surface area contributed by atoms with Gasteiger partial charge in [-0.1, -0.05) is 11.6 Å². The molecule has 4 aliphatic carbocycles. The van der Waals surface area contributed by atoms with Gasteiger partial charge in [-0.3, -0.25) is 0 Å². The van der Waals surface area contributed by atoms with Gasteiger partial charge in [0.25, 0.3) is 0 Å². The first-order valence-corrected chi connectivity index (χ1v) is 11.6. The molecule has 1 aromatic heterocycles. The van der Waals surface area contributed by atoms with Crippen LogP contribution in [0.15, 0.2) is 18.2 Å². The van der Waals surface area contributed by atoms with Gasteiger partial charge >= 0.3 is 0 Å². The molecule has 4 heteroatoms. The van der Waals surface area contributed by atoms with Gasteiger partial charge in [0.05, 0.1) is 11.4 Å². The lowest BCUT2D eigenvalue weighted by atomic mass is 9.48. The Morgan fingerprint density at radius 3 is 2.46 bits per heavy atom. The van der Waals surface area contributed by atoms with Gasteiger partial charge in [0, 0.05) is 22.5 Å². The molecule has 3 nitrogen and oxygen atoms in total. The van der Waals surface area contributed by atoms with Crippen LogP contribution in [-0.2, 0) is 11.8 Å².